The number of carbonyl (C=O) groups is 2. The molecule has 26 heavy (non-hydrogen) atoms. The zero-order valence-corrected chi connectivity index (χ0v) is 14.6. The molecule has 0 saturated heterocycles. The van der Waals surface area contributed by atoms with E-state index in [9.17, 15) is 14.7 Å². The van der Waals surface area contributed by atoms with E-state index in [1.54, 1.807) is 43.3 Å². The third-order valence-corrected chi connectivity index (χ3v) is 4.15. The van der Waals surface area contributed by atoms with Gasteiger partial charge in [-0.25, -0.2) is 10.4 Å². The Balaban J connectivity index is 1.76. The molecule has 2 aromatic rings. The maximum atomic E-state index is 12.8. The van der Waals surface area contributed by atoms with E-state index in [2.05, 4.69) is 16.0 Å². The van der Waals surface area contributed by atoms with Gasteiger partial charge >= 0.3 is 0 Å². The number of hydrogen-bond acceptors (Lipinski definition) is 5. The Kier molecular flexibility index (Phi) is 4.73. The van der Waals surface area contributed by atoms with E-state index in [0.29, 0.717) is 12.0 Å². The Hall–Kier alpha value is -3.19. The van der Waals surface area contributed by atoms with Crippen molar-refractivity contribution in [2.45, 2.75) is 25.9 Å². The molecule has 0 radical (unpaired) electrons. The maximum absolute atomic E-state index is 12.8. The maximum Gasteiger partial charge on any atom is 0.275 e. The summed E-state index contributed by atoms with van der Waals surface area (Å²) < 4.78 is 0. The third kappa shape index (κ3) is 3.43. The van der Waals surface area contributed by atoms with Crippen molar-refractivity contribution >= 4 is 17.5 Å². The number of para-hydroxylation sites is 1. The second kappa shape index (κ2) is 6.97. The molecule has 3 rings (SSSR count). The Morgan fingerprint density at radius 1 is 1.12 bits per heavy atom. The number of hydrazine groups is 1. The van der Waals surface area contributed by atoms with Crippen molar-refractivity contribution in [1.29, 1.82) is 0 Å². The van der Waals surface area contributed by atoms with E-state index in [1.807, 2.05) is 13.0 Å². The largest absolute Gasteiger partial charge is 0.507 e. The van der Waals surface area contributed by atoms with Gasteiger partial charge in [-0.3, -0.25) is 15.0 Å². The van der Waals surface area contributed by atoms with E-state index in [4.69, 9.17) is 0 Å². The van der Waals surface area contributed by atoms with Crippen LogP contribution in [0.3, 0.4) is 0 Å². The molecule has 3 N–H and O–H groups in total. The standard InChI is InChI=1S/C19H20N4O3/c1-13-12-19(2,22-20-17(25)15-10-6-7-11-16(15)24)23(21-13)18(26)14-8-4-3-5-9-14/h3-11,22,24H,12H2,1-2H3,(H,20,25)/t19-/m0/s1. The van der Waals surface area contributed by atoms with Gasteiger partial charge < -0.3 is 5.11 Å². The van der Waals surface area contributed by atoms with Gasteiger partial charge in [0.1, 0.15) is 11.4 Å². The molecule has 0 fully saturated rings. The highest BCUT2D eigenvalue weighted by Gasteiger charge is 2.41. The van der Waals surface area contributed by atoms with Gasteiger partial charge in [-0.1, -0.05) is 30.3 Å². The summed E-state index contributed by atoms with van der Waals surface area (Å²) in [6.07, 6.45) is 0.451. The van der Waals surface area contributed by atoms with Crippen LogP contribution < -0.4 is 10.9 Å². The van der Waals surface area contributed by atoms with Crippen molar-refractivity contribution in [2.24, 2.45) is 5.10 Å². The summed E-state index contributed by atoms with van der Waals surface area (Å²) in [6.45, 7) is 3.60. The molecule has 1 atom stereocenters. The molecular formula is C19H20N4O3. The highest BCUT2D eigenvalue weighted by molar-refractivity contribution is 5.98. The predicted molar refractivity (Wildman–Crippen MR) is 97.5 cm³/mol. The molecule has 0 bridgehead atoms. The van der Waals surface area contributed by atoms with Crippen molar-refractivity contribution in [3.63, 3.8) is 0 Å². The average molecular weight is 352 g/mol. The zero-order valence-electron chi connectivity index (χ0n) is 14.6. The summed E-state index contributed by atoms with van der Waals surface area (Å²) in [5.74, 6) is -0.886. The molecule has 2 aromatic carbocycles. The van der Waals surface area contributed by atoms with E-state index >= 15 is 0 Å². The fourth-order valence-corrected chi connectivity index (χ4v) is 2.88. The zero-order chi connectivity index (χ0) is 18.7. The predicted octanol–water partition coefficient (Wildman–Crippen LogP) is 2.26. The summed E-state index contributed by atoms with van der Waals surface area (Å²) in [5.41, 5.74) is 5.95. The first-order valence-electron chi connectivity index (χ1n) is 8.20. The van der Waals surface area contributed by atoms with Crippen LogP contribution in [0.1, 0.15) is 41.0 Å². The number of phenols is 1. The molecule has 134 valence electrons. The lowest BCUT2D eigenvalue weighted by molar-refractivity contribution is 0.0438. The molecule has 0 saturated carbocycles. The van der Waals surface area contributed by atoms with Gasteiger partial charge in [-0.2, -0.15) is 5.10 Å². The molecular weight excluding hydrogens is 332 g/mol. The van der Waals surface area contributed by atoms with Gasteiger partial charge in [0.2, 0.25) is 0 Å². The number of amides is 2. The number of benzene rings is 2. The Morgan fingerprint density at radius 2 is 1.77 bits per heavy atom. The van der Waals surface area contributed by atoms with Crippen LogP contribution in [0.2, 0.25) is 0 Å². The van der Waals surface area contributed by atoms with Gasteiger partial charge in [-0.15, -0.1) is 0 Å². The molecule has 1 aliphatic heterocycles. The summed E-state index contributed by atoms with van der Waals surface area (Å²) in [4.78, 5) is 25.1. The minimum Gasteiger partial charge on any atom is -0.507 e. The normalized spacial score (nSPS) is 19.2. The molecule has 0 aromatic heterocycles. The lowest BCUT2D eigenvalue weighted by Gasteiger charge is -2.33. The number of carbonyl (C=O) groups excluding carboxylic acids is 2. The van der Waals surface area contributed by atoms with Crippen molar-refractivity contribution in [3.05, 3.63) is 65.7 Å². The lowest BCUT2D eigenvalue weighted by Crippen LogP contribution is -2.60. The van der Waals surface area contributed by atoms with Crippen molar-refractivity contribution in [2.75, 3.05) is 0 Å². The fourth-order valence-electron chi connectivity index (χ4n) is 2.88. The van der Waals surface area contributed by atoms with Gasteiger partial charge in [0.05, 0.1) is 5.56 Å². The van der Waals surface area contributed by atoms with Gasteiger partial charge in [0.25, 0.3) is 11.8 Å². The smallest absolute Gasteiger partial charge is 0.275 e. The minimum absolute atomic E-state index is 0.118. The van der Waals surface area contributed by atoms with Crippen LogP contribution in [0, 0.1) is 0 Å². The topological polar surface area (TPSA) is 94.0 Å². The van der Waals surface area contributed by atoms with Crippen LogP contribution in [0.4, 0.5) is 0 Å². The van der Waals surface area contributed by atoms with Crippen LogP contribution in [-0.4, -0.2) is 33.3 Å². The van der Waals surface area contributed by atoms with Crippen molar-refractivity contribution in [3.8, 4) is 5.75 Å². The van der Waals surface area contributed by atoms with Crippen LogP contribution in [0.25, 0.3) is 0 Å². The molecule has 1 aliphatic rings. The summed E-state index contributed by atoms with van der Waals surface area (Å²) >= 11 is 0. The number of nitrogens with one attached hydrogen (secondary N) is 2. The Morgan fingerprint density at radius 3 is 2.46 bits per heavy atom. The monoisotopic (exact) mass is 352 g/mol. The second-order valence-corrected chi connectivity index (χ2v) is 6.37. The first kappa shape index (κ1) is 17.6. The SMILES string of the molecule is CC1=NN(C(=O)c2ccccc2)[C@](C)(NNC(=O)c2ccccc2O)C1. The van der Waals surface area contributed by atoms with Gasteiger partial charge in [-0.05, 0) is 38.1 Å². The van der Waals surface area contributed by atoms with Crippen LogP contribution >= 0.6 is 0 Å². The molecule has 1 heterocycles. The molecule has 2 amide bonds. The number of hydrogen-bond donors (Lipinski definition) is 3. The van der Waals surface area contributed by atoms with E-state index in [-0.39, 0.29) is 17.2 Å². The average Bonchev–Trinajstić information content (AvgIpc) is 2.95. The van der Waals surface area contributed by atoms with E-state index < -0.39 is 11.6 Å². The molecule has 0 unspecified atom stereocenters. The fraction of sp³-hybridized carbons (Fsp3) is 0.211. The second-order valence-electron chi connectivity index (χ2n) is 6.37. The number of rotatable bonds is 4. The quantitative estimate of drug-likeness (QED) is 0.736. The minimum atomic E-state index is -0.920. The summed E-state index contributed by atoms with van der Waals surface area (Å²) in [7, 11) is 0. The third-order valence-electron chi connectivity index (χ3n) is 4.15. The molecule has 7 nitrogen and oxygen atoms in total. The summed E-state index contributed by atoms with van der Waals surface area (Å²) in [5, 5.41) is 15.5. The number of phenolic OH excluding ortho intramolecular Hbond substituents is 1. The van der Waals surface area contributed by atoms with Crippen LogP contribution in [0.5, 0.6) is 5.75 Å². The molecule has 7 heteroatoms. The Labute approximate surface area is 151 Å². The molecule has 0 aliphatic carbocycles. The van der Waals surface area contributed by atoms with Gasteiger partial charge in [0.15, 0.2) is 0 Å². The van der Waals surface area contributed by atoms with Crippen LogP contribution in [-0.2, 0) is 0 Å². The summed E-state index contributed by atoms with van der Waals surface area (Å²) in [6, 6.07) is 15.1. The van der Waals surface area contributed by atoms with Gasteiger partial charge in [0, 0.05) is 17.7 Å². The lowest BCUT2D eigenvalue weighted by atomic mass is 10.1. The van der Waals surface area contributed by atoms with E-state index in [1.165, 1.54) is 17.1 Å². The first-order chi connectivity index (χ1) is 12.4. The van der Waals surface area contributed by atoms with Crippen molar-refractivity contribution < 1.29 is 14.7 Å². The number of nitrogens with zero attached hydrogens (tertiary/aromatic N) is 2. The van der Waals surface area contributed by atoms with Crippen LogP contribution in [0.15, 0.2) is 59.7 Å². The van der Waals surface area contributed by atoms with Crippen molar-refractivity contribution in [1.82, 2.24) is 15.9 Å². The highest BCUT2D eigenvalue weighted by Crippen LogP contribution is 2.26. The number of hydrazone groups is 1. The highest BCUT2D eigenvalue weighted by atomic mass is 16.3. The molecule has 0 spiro atoms. The van der Waals surface area contributed by atoms with E-state index in [0.717, 1.165) is 5.71 Å². The number of aromatic hydroxyl groups is 1. The first-order valence-corrected chi connectivity index (χ1v) is 8.20. The Bertz CT molecular complexity index is 866.